The van der Waals surface area contributed by atoms with E-state index in [-0.39, 0.29) is 0 Å². The fourth-order valence-electron chi connectivity index (χ4n) is 2.48. The zero-order valence-corrected chi connectivity index (χ0v) is 12.3. The van der Waals surface area contributed by atoms with E-state index in [9.17, 15) is 0 Å². The molecule has 0 spiro atoms. The second kappa shape index (κ2) is 7.85. The number of nitrogens with zero attached hydrogens (tertiary/aromatic N) is 1. The molecule has 1 unspecified atom stereocenters. The fourth-order valence-corrected chi connectivity index (χ4v) is 2.60. The van der Waals surface area contributed by atoms with Crippen molar-refractivity contribution < 1.29 is 4.74 Å². The lowest BCUT2D eigenvalue weighted by molar-refractivity contribution is 0.0995. The van der Waals surface area contributed by atoms with Gasteiger partial charge in [0.15, 0.2) is 0 Å². The maximum absolute atomic E-state index is 5.91. The molecule has 0 bridgehead atoms. The van der Waals surface area contributed by atoms with Gasteiger partial charge in [0.25, 0.3) is 0 Å². The predicted molar refractivity (Wildman–Crippen MR) is 79.9 cm³/mol. The van der Waals surface area contributed by atoms with Gasteiger partial charge >= 0.3 is 0 Å². The first-order valence-corrected chi connectivity index (χ1v) is 7.43. The molecule has 1 saturated heterocycles. The molecule has 3 nitrogen and oxygen atoms in total. The Morgan fingerprint density at radius 1 is 1.37 bits per heavy atom. The van der Waals surface area contributed by atoms with Gasteiger partial charge in [-0.15, -0.1) is 0 Å². The molecule has 1 atom stereocenters. The third-order valence-corrected chi connectivity index (χ3v) is 3.74. The number of rotatable bonds is 6. The summed E-state index contributed by atoms with van der Waals surface area (Å²) in [6, 6.07) is 8.68. The number of piperazine rings is 1. The third-order valence-electron chi connectivity index (χ3n) is 3.49. The Balaban J connectivity index is 1.78. The van der Waals surface area contributed by atoms with Crippen molar-refractivity contribution in [2.45, 2.75) is 19.4 Å². The maximum Gasteiger partial charge on any atom is 0.0593 e. The largest absolute Gasteiger partial charge is 0.380 e. The van der Waals surface area contributed by atoms with Crippen molar-refractivity contribution in [2.75, 3.05) is 39.4 Å². The highest BCUT2D eigenvalue weighted by Crippen LogP contribution is 2.12. The summed E-state index contributed by atoms with van der Waals surface area (Å²) in [6.45, 7) is 7.99. The number of ether oxygens (including phenoxy) is 1. The molecule has 106 valence electrons. The molecule has 0 saturated carbocycles. The molecule has 2 rings (SSSR count). The van der Waals surface area contributed by atoms with Gasteiger partial charge in [-0.05, 0) is 31.0 Å². The van der Waals surface area contributed by atoms with Gasteiger partial charge in [0.05, 0.1) is 6.61 Å². The Hall–Kier alpha value is -0.610. The van der Waals surface area contributed by atoms with Crippen LogP contribution in [0.4, 0.5) is 0 Å². The first-order chi connectivity index (χ1) is 9.28. The quantitative estimate of drug-likeness (QED) is 0.810. The summed E-state index contributed by atoms with van der Waals surface area (Å²) in [5.41, 5.74) is 1.34. The van der Waals surface area contributed by atoms with E-state index in [1.54, 1.807) is 0 Å². The summed E-state index contributed by atoms with van der Waals surface area (Å²) in [5, 5.41) is 4.39. The van der Waals surface area contributed by atoms with Gasteiger partial charge in [0, 0.05) is 43.9 Å². The summed E-state index contributed by atoms with van der Waals surface area (Å²) in [6.07, 6.45) is 1.06. The lowest BCUT2D eigenvalue weighted by atomic mass is 10.0. The number of benzene rings is 1. The van der Waals surface area contributed by atoms with Crippen molar-refractivity contribution in [1.29, 1.82) is 0 Å². The van der Waals surface area contributed by atoms with Crippen molar-refractivity contribution in [1.82, 2.24) is 10.2 Å². The van der Waals surface area contributed by atoms with Crippen LogP contribution in [0.3, 0.4) is 0 Å². The van der Waals surface area contributed by atoms with Gasteiger partial charge in [0.2, 0.25) is 0 Å². The van der Waals surface area contributed by atoms with E-state index in [0.717, 1.165) is 50.8 Å². The third kappa shape index (κ3) is 5.11. The average molecular weight is 283 g/mol. The summed E-state index contributed by atoms with van der Waals surface area (Å²) < 4.78 is 5.43. The van der Waals surface area contributed by atoms with Crippen LogP contribution in [0, 0.1) is 0 Å². The zero-order chi connectivity index (χ0) is 13.5. The van der Waals surface area contributed by atoms with Crippen molar-refractivity contribution in [3.05, 3.63) is 34.9 Å². The van der Waals surface area contributed by atoms with E-state index >= 15 is 0 Å². The molecule has 19 heavy (non-hydrogen) atoms. The summed E-state index contributed by atoms with van der Waals surface area (Å²) in [4.78, 5) is 2.48. The van der Waals surface area contributed by atoms with Crippen LogP contribution < -0.4 is 5.32 Å². The van der Waals surface area contributed by atoms with Crippen LogP contribution in [-0.2, 0) is 11.2 Å². The topological polar surface area (TPSA) is 24.5 Å². The SMILES string of the molecule is CCOCCN1CCNC(Cc2ccc(Cl)cc2)C1. The van der Waals surface area contributed by atoms with E-state index in [1.807, 2.05) is 19.1 Å². The molecule has 0 amide bonds. The standard InChI is InChI=1S/C15H23ClN2O/c1-2-19-10-9-18-8-7-17-15(12-18)11-13-3-5-14(16)6-4-13/h3-6,15,17H,2,7-12H2,1H3. The fraction of sp³-hybridized carbons (Fsp3) is 0.600. The van der Waals surface area contributed by atoms with Crippen molar-refractivity contribution >= 4 is 11.6 Å². The lowest BCUT2D eigenvalue weighted by Crippen LogP contribution is -2.52. The first kappa shape index (κ1) is 14.8. The molecule has 0 aliphatic carbocycles. The molecule has 1 fully saturated rings. The smallest absolute Gasteiger partial charge is 0.0593 e. The van der Waals surface area contributed by atoms with Crippen LogP contribution in [0.25, 0.3) is 0 Å². The number of nitrogens with one attached hydrogen (secondary N) is 1. The van der Waals surface area contributed by atoms with Crippen LogP contribution in [-0.4, -0.2) is 50.3 Å². The average Bonchev–Trinajstić information content (AvgIpc) is 2.42. The Kier molecular flexibility index (Phi) is 6.11. The molecule has 1 aromatic rings. The van der Waals surface area contributed by atoms with Crippen LogP contribution in [0.1, 0.15) is 12.5 Å². The Labute approximate surface area is 120 Å². The molecular formula is C15H23ClN2O. The Bertz CT molecular complexity index is 369. The number of hydrogen-bond acceptors (Lipinski definition) is 3. The van der Waals surface area contributed by atoms with Gasteiger partial charge in [-0.2, -0.15) is 0 Å². The molecule has 1 heterocycles. The van der Waals surface area contributed by atoms with Gasteiger partial charge in [-0.1, -0.05) is 23.7 Å². The predicted octanol–water partition coefficient (Wildman–Crippen LogP) is 2.19. The highest BCUT2D eigenvalue weighted by atomic mass is 35.5. The highest BCUT2D eigenvalue weighted by Gasteiger charge is 2.19. The van der Waals surface area contributed by atoms with E-state index in [4.69, 9.17) is 16.3 Å². The van der Waals surface area contributed by atoms with Gasteiger partial charge in [0.1, 0.15) is 0 Å². The van der Waals surface area contributed by atoms with Crippen molar-refractivity contribution in [3.63, 3.8) is 0 Å². The minimum atomic E-state index is 0.525. The second-order valence-electron chi connectivity index (χ2n) is 4.98. The first-order valence-electron chi connectivity index (χ1n) is 7.06. The molecule has 4 heteroatoms. The van der Waals surface area contributed by atoms with Gasteiger partial charge < -0.3 is 10.1 Å². The minimum absolute atomic E-state index is 0.525. The summed E-state index contributed by atoms with van der Waals surface area (Å²) in [5.74, 6) is 0. The normalized spacial score (nSPS) is 20.6. The van der Waals surface area contributed by atoms with E-state index in [0.29, 0.717) is 6.04 Å². The van der Waals surface area contributed by atoms with E-state index < -0.39 is 0 Å². The van der Waals surface area contributed by atoms with Gasteiger partial charge in [-0.25, -0.2) is 0 Å². The molecule has 0 aromatic heterocycles. The summed E-state index contributed by atoms with van der Waals surface area (Å²) >= 11 is 5.91. The molecule has 1 aromatic carbocycles. The lowest BCUT2D eigenvalue weighted by Gasteiger charge is -2.33. The van der Waals surface area contributed by atoms with E-state index in [1.165, 1.54) is 5.56 Å². The number of halogens is 1. The molecule has 0 radical (unpaired) electrons. The van der Waals surface area contributed by atoms with Gasteiger partial charge in [-0.3, -0.25) is 4.90 Å². The zero-order valence-electron chi connectivity index (χ0n) is 11.6. The van der Waals surface area contributed by atoms with E-state index in [2.05, 4.69) is 22.3 Å². The van der Waals surface area contributed by atoms with Crippen LogP contribution in [0.15, 0.2) is 24.3 Å². The molecular weight excluding hydrogens is 260 g/mol. The molecule has 1 N–H and O–H groups in total. The number of hydrogen-bond donors (Lipinski definition) is 1. The minimum Gasteiger partial charge on any atom is -0.380 e. The van der Waals surface area contributed by atoms with Crippen LogP contribution in [0.5, 0.6) is 0 Å². The molecule has 1 aliphatic rings. The second-order valence-corrected chi connectivity index (χ2v) is 5.42. The van der Waals surface area contributed by atoms with Crippen LogP contribution in [0.2, 0.25) is 5.02 Å². The van der Waals surface area contributed by atoms with Crippen LogP contribution >= 0.6 is 11.6 Å². The Morgan fingerprint density at radius 3 is 2.89 bits per heavy atom. The monoisotopic (exact) mass is 282 g/mol. The maximum atomic E-state index is 5.91. The molecule has 1 aliphatic heterocycles. The Morgan fingerprint density at radius 2 is 2.16 bits per heavy atom. The highest BCUT2D eigenvalue weighted by molar-refractivity contribution is 6.30. The van der Waals surface area contributed by atoms with Crippen molar-refractivity contribution in [2.24, 2.45) is 0 Å². The van der Waals surface area contributed by atoms with Crippen molar-refractivity contribution in [3.8, 4) is 0 Å². The summed E-state index contributed by atoms with van der Waals surface area (Å²) in [7, 11) is 0.